The standard InChI is InChI=1S/C5H8BrN3O/c6-4-2-1-3-10-5(4)8-9-7/h4-5H,1-3H2/t4-,5+/m0/s1. The van der Waals surface area contributed by atoms with Crippen molar-refractivity contribution >= 4 is 15.9 Å². The zero-order valence-electron chi connectivity index (χ0n) is 5.40. The van der Waals surface area contributed by atoms with Crippen LogP contribution < -0.4 is 0 Å². The molecule has 0 spiro atoms. The molecule has 0 unspecified atom stereocenters. The quantitative estimate of drug-likeness (QED) is 0.280. The molecule has 56 valence electrons. The van der Waals surface area contributed by atoms with Gasteiger partial charge in [-0.3, -0.25) is 0 Å². The van der Waals surface area contributed by atoms with Gasteiger partial charge in [-0.15, -0.1) is 0 Å². The summed E-state index contributed by atoms with van der Waals surface area (Å²) >= 11 is 3.37. The predicted molar refractivity (Wildman–Crippen MR) is 40.8 cm³/mol. The number of azide groups is 1. The number of alkyl halides is 1. The fourth-order valence-electron chi connectivity index (χ4n) is 0.886. The minimum atomic E-state index is -0.307. The molecule has 0 aromatic heterocycles. The van der Waals surface area contributed by atoms with E-state index in [1.165, 1.54) is 0 Å². The monoisotopic (exact) mass is 205 g/mol. The Labute approximate surface area is 67.3 Å². The minimum absolute atomic E-state index is 0.192. The number of ether oxygens (including phenoxy) is 1. The van der Waals surface area contributed by atoms with E-state index < -0.39 is 0 Å². The Balaban J connectivity index is 2.47. The summed E-state index contributed by atoms with van der Waals surface area (Å²) in [5.74, 6) is 0. The summed E-state index contributed by atoms with van der Waals surface area (Å²) in [5, 5.41) is 3.48. The van der Waals surface area contributed by atoms with Crippen LogP contribution in [0, 0.1) is 0 Å². The van der Waals surface area contributed by atoms with E-state index in [0.29, 0.717) is 6.61 Å². The van der Waals surface area contributed by atoms with Gasteiger partial charge in [0.1, 0.15) is 6.23 Å². The molecular formula is C5H8BrN3O. The lowest BCUT2D eigenvalue weighted by Gasteiger charge is -2.23. The van der Waals surface area contributed by atoms with Crippen molar-refractivity contribution in [2.45, 2.75) is 23.9 Å². The second kappa shape index (κ2) is 3.81. The maximum atomic E-state index is 8.09. The fourth-order valence-corrected chi connectivity index (χ4v) is 1.47. The summed E-state index contributed by atoms with van der Waals surface area (Å²) in [7, 11) is 0. The van der Waals surface area contributed by atoms with E-state index in [2.05, 4.69) is 26.0 Å². The van der Waals surface area contributed by atoms with Crippen LogP contribution in [0.4, 0.5) is 0 Å². The van der Waals surface area contributed by atoms with Crippen molar-refractivity contribution in [2.24, 2.45) is 5.11 Å². The molecular weight excluding hydrogens is 198 g/mol. The highest BCUT2D eigenvalue weighted by molar-refractivity contribution is 9.09. The molecule has 4 nitrogen and oxygen atoms in total. The highest BCUT2D eigenvalue weighted by atomic mass is 79.9. The Morgan fingerprint density at radius 2 is 2.50 bits per heavy atom. The number of hydrogen-bond donors (Lipinski definition) is 0. The smallest absolute Gasteiger partial charge is 0.148 e. The second-order valence-corrected chi connectivity index (χ2v) is 3.30. The summed E-state index contributed by atoms with van der Waals surface area (Å²) in [6.07, 6.45) is 1.75. The Hall–Kier alpha value is -0.250. The van der Waals surface area contributed by atoms with Crippen LogP contribution in [0.3, 0.4) is 0 Å². The lowest BCUT2D eigenvalue weighted by Crippen LogP contribution is -2.27. The van der Waals surface area contributed by atoms with Crippen LogP contribution in [0.25, 0.3) is 10.4 Å². The third-order valence-corrected chi connectivity index (χ3v) is 2.30. The first-order valence-electron chi connectivity index (χ1n) is 3.14. The molecule has 1 saturated heterocycles. The Bertz CT molecular complexity index is 157. The van der Waals surface area contributed by atoms with Gasteiger partial charge in [-0.05, 0) is 18.4 Å². The van der Waals surface area contributed by atoms with Gasteiger partial charge in [0.15, 0.2) is 0 Å². The maximum absolute atomic E-state index is 8.09. The molecule has 1 aliphatic heterocycles. The summed E-state index contributed by atoms with van der Waals surface area (Å²) in [6, 6.07) is 0. The molecule has 5 heteroatoms. The van der Waals surface area contributed by atoms with Crippen molar-refractivity contribution in [3.8, 4) is 0 Å². The van der Waals surface area contributed by atoms with Crippen LogP contribution in [0.2, 0.25) is 0 Å². The van der Waals surface area contributed by atoms with Gasteiger partial charge in [0.05, 0.1) is 0 Å². The topological polar surface area (TPSA) is 58.0 Å². The van der Waals surface area contributed by atoms with E-state index in [4.69, 9.17) is 10.3 Å². The molecule has 0 radical (unpaired) electrons. The van der Waals surface area contributed by atoms with E-state index in [1.54, 1.807) is 0 Å². The van der Waals surface area contributed by atoms with Gasteiger partial charge in [-0.2, -0.15) is 0 Å². The molecule has 1 rings (SSSR count). The first-order valence-corrected chi connectivity index (χ1v) is 4.06. The number of hydrogen-bond acceptors (Lipinski definition) is 2. The summed E-state index contributed by atoms with van der Waals surface area (Å²) < 4.78 is 5.16. The first kappa shape index (κ1) is 7.85. The lowest BCUT2D eigenvalue weighted by atomic mass is 10.2. The number of nitrogens with zero attached hydrogens (tertiary/aromatic N) is 3. The second-order valence-electron chi connectivity index (χ2n) is 2.12. The molecule has 0 aromatic rings. The zero-order valence-corrected chi connectivity index (χ0v) is 6.99. The van der Waals surface area contributed by atoms with Gasteiger partial charge in [-0.1, -0.05) is 21.0 Å². The van der Waals surface area contributed by atoms with Crippen molar-refractivity contribution < 1.29 is 4.74 Å². The van der Waals surface area contributed by atoms with Gasteiger partial charge < -0.3 is 4.74 Å². The Kier molecular flexibility index (Phi) is 2.99. The Morgan fingerprint density at radius 1 is 1.70 bits per heavy atom. The average molecular weight is 206 g/mol. The largest absolute Gasteiger partial charge is 0.371 e. The van der Waals surface area contributed by atoms with E-state index in [9.17, 15) is 0 Å². The van der Waals surface area contributed by atoms with Crippen LogP contribution in [0.1, 0.15) is 12.8 Å². The first-order chi connectivity index (χ1) is 4.84. The highest BCUT2D eigenvalue weighted by Gasteiger charge is 2.21. The van der Waals surface area contributed by atoms with Crippen molar-refractivity contribution in [1.29, 1.82) is 0 Å². The molecule has 0 bridgehead atoms. The van der Waals surface area contributed by atoms with Gasteiger partial charge in [0.2, 0.25) is 0 Å². The van der Waals surface area contributed by atoms with Crippen LogP contribution >= 0.6 is 15.9 Å². The zero-order chi connectivity index (χ0) is 7.40. The Morgan fingerprint density at radius 3 is 3.10 bits per heavy atom. The van der Waals surface area contributed by atoms with Gasteiger partial charge in [-0.25, -0.2) is 0 Å². The molecule has 0 amide bonds. The summed E-state index contributed by atoms with van der Waals surface area (Å²) in [5.41, 5.74) is 8.09. The van der Waals surface area contributed by atoms with E-state index in [-0.39, 0.29) is 11.1 Å². The lowest BCUT2D eigenvalue weighted by molar-refractivity contribution is 0.0276. The molecule has 1 heterocycles. The van der Waals surface area contributed by atoms with Crippen molar-refractivity contribution in [1.82, 2.24) is 0 Å². The van der Waals surface area contributed by atoms with Crippen molar-refractivity contribution in [3.05, 3.63) is 10.4 Å². The molecule has 1 aliphatic rings. The van der Waals surface area contributed by atoms with Crippen LogP contribution in [-0.4, -0.2) is 17.7 Å². The molecule has 2 atom stereocenters. The van der Waals surface area contributed by atoms with Gasteiger partial charge >= 0.3 is 0 Å². The van der Waals surface area contributed by atoms with E-state index in [1.807, 2.05) is 0 Å². The maximum Gasteiger partial charge on any atom is 0.148 e. The normalized spacial score (nSPS) is 32.9. The van der Waals surface area contributed by atoms with E-state index >= 15 is 0 Å². The van der Waals surface area contributed by atoms with Crippen LogP contribution in [-0.2, 0) is 4.74 Å². The molecule has 1 fully saturated rings. The molecule has 0 aliphatic carbocycles. The third-order valence-electron chi connectivity index (χ3n) is 1.39. The van der Waals surface area contributed by atoms with E-state index in [0.717, 1.165) is 12.8 Å². The summed E-state index contributed by atoms with van der Waals surface area (Å²) in [4.78, 5) is 2.87. The van der Waals surface area contributed by atoms with Crippen molar-refractivity contribution in [3.63, 3.8) is 0 Å². The molecule has 0 saturated carbocycles. The molecule has 0 aromatic carbocycles. The van der Waals surface area contributed by atoms with Gasteiger partial charge in [0.25, 0.3) is 0 Å². The molecule has 0 N–H and O–H groups in total. The SMILES string of the molecule is [N-]=[N+]=N[C@@H]1OCCC[C@@H]1Br. The summed E-state index contributed by atoms with van der Waals surface area (Å²) in [6.45, 7) is 0.700. The number of rotatable bonds is 1. The van der Waals surface area contributed by atoms with Crippen molar-refractivity contribution in [2.75, 3.05) is 6.61 Å². The third kappa shape index (κ3) is 1.87. The predicted octanol–water partition coefficient (Wildman–Crippen LogP) is 2.20. The average Bonchev–Trinajstić information content (AvgIpc) is 1.94. The number of halogens is 1. The van der Waals surface area contributed by atoms with Crippen LogP contribution in [0.5, 0.6) is 0 Å². The fraction of sp³-hybridized carbons (Fsp3) is 1.00. The highest BCUT2D eigenvalue weighted by Crippen LogP contribution is 2.21. The van der Waals surface area contributed by atoms with Crippen LogP contribution in [0.15, 0.2) is 5.11 Å². The van der Waals surface area contributed by atoms with Gasteiger partial charge in [0, 0.05) is 16.3 Å². The molecule has 10 heavy (non-hydrogen) atoms. The minimum Gasteiger partial charge on any atom is -0.371 e.